The standard InChI is InChI=1S/C18H27NO4/c1-13-6-7-16(14(2)8-13)22-11-17(20)19-9-15(10-21-5)23-18(3,4)12-19/h6-8,15H,9-12H2,1-5H3/t15-/m0/s1. The van der Waals surface area contributed by atoms with Crippen LogP contribution in [0.1, 0.15) is 25.0 Å². The lowest BCUT2D eigenvalue weighted by molar-refractivity contribution is -0.170. The first-order valence-corrected chi connectivity index (χ1v) is 7.95. The van der Waals surface area contributed by atoms with Crippen molar-refractivity contribution >= 4 is 5.91 Å². The molecule has 0 aromatic heterocycles. The summed E-state index contributed by atoms with van der Waals surface area (Å²) in [5.74, 6) is 0.729. The van der Waals surface area contributed by atoms with Gasteiger partial charge in [-0.1, -0.05) is 17.7 Å². The summed E-state index contributed by atoms with van der Waals surface area (Å²) in [7, 11) is 1.64. The number of hydrogen-bond acceptors (Lipinski definition) is 4. The molecule has 1 aliphatic heterocycles. The van der Waals surface area contributed by atoms with Crippen LogP contribution in [0.3, 0.4) is 0 Å². The van der Waals surface area contributed by atoms with Crippen molar-refractivity contribution in [1.29, 1.82) is 0 Å². The maximum absolute atomic E-state index is 12.5. The van der Waals surface area contributed by atoms with E-state index in [1.54, 1.807) is 12.0 Å². The highest BCUT2D eigenvalue weighted by molar-refractivity contribution is 5.78. The minimum absolute atomic E-state index is 0.0255. The molecule has 0 aliphatic carbocycles. The van der Waals surface area contributed by atoms with E-state index < -0.39 is 0 Å². The van der Waals surface area contributed by atoms with Gasteiger partial charge in [-0.2, -0.15) is 0 Å². The maximum atomic E-state index is 12.5. The average molecular weight is 321 g/mol. The van der Waals surface area contributed by atoms with Gasteiger partial charge in [-0.05, 0) is 39.3 Å². The van der Waals surface area contributed by atoms with Gasteiger partial charge in [0.25, 0.3) is 5.91 Å². The van der Waals surface area contributed by atoms with Crippen molar-refractivity contribution in [2.45, 2.75) is 39.4 Å². The zero-order chi connectivity index (χ0) is 17.0. The quantitative estimate of drug-likeness (QED) is 0.835. The molecule has 0 bridgehead atoms. The Bertz CT molecular complexity index is 556. The summed E-state index contributed by atoms with van der Waals surface area (Å²) in [6.45, 7) is 9.60. The van der Waals surface area contributed by atoms with Crippen LogP contribution in [0.4, 0.5) is 0 Å². The first kappa shape index (κ1) is 17.8. The van der Waals surface area contributed by atoms with Crippen LogP contribution < -0.4 is 4.74 Å². The molecule has 0 saturated carbocycles. The van der Waals surface area contributed by atoms with E-state index in [0.29, 0.717) is 19.7 Å². The van der Waals surface area contributed by atoms with Crippen molar-refractivity contribution in [3.8, 4) is 5.75 Å². The third-order valence-corrected chi connectivity index (χ3v) is 3.87. The number of benzene rings is 1. The number of rotatable bonds is 5. The Hall–Kier alpha value is -1.59. The normalized spacial score (nSPS) is 20.4. The van der Waals surface area contributed by atoms with Crippen LogP contribution in [-0.4, -0.2) is 55.9 Å². The highest BCUT2D eigenvalue weighted by atomic mass is 16.5. The molecule has 1 heterocycles. The number of carbonyl (C=O) groups excluding carboxylic acids is 1. The van der Waals surface area contributed by atoms with Crippen molar-refractivity contribution in [3.63, 3.8) is 0 Å². The summed E-state index contributed by atoms with van der Waals surface area (Å²) in [6, 6.07) is 5.94. The Labute approximate surface area is 138 Å². The molecule has 1 aromatic carbocycles. The largest absolute Gasteiger partial charge is 0.484 e. The van der Waals surface area contributed by atoms with E-state index in [2.05, 4.69) is 0 Å². The number of methoxy groups -OCH3 is 1. The van der Waals surface area contributed by atoms with E-state index in [-0.39, 0.29) is 24.2 Å². The number of morpholine rings is 1. The van der Waals surface area contributed by atoms with Crippen molar-refractivity contribution < 1.29 is 19.0 Å². The van der Waals surface area contributed by atoms with Crippen molar-refractivity contribution in [2.24, 2.45) is 0 Å². The van der Waals surface area contributed by atoms with E-state index in [4.69, 9.17) is 14.2 Å². The molecule has 1 amide bonds. The zero-order valence-electron chi connectivity index (χ0n) is 14.7. The van der Waals surface area contributed by atoms with Gasteiger partial charge in [0.2, 0.25) is 0 Å². The Morgan fingerprint density at radius 3 is 2.78 bits per heavy atom. The minimum atomic E-state index is -0.378. The molecular weight excluding hydrogens is 294 g/mol. The molecule has 1 aromatic rings. The number of aryl methyl sites for hydroxylation is 2. The lowest BCUT2D eigenvalue weighted by Gasteiger charge is -2.42. The first-order valence-electron chi connectivity index (χ1n) is 7.95. The highest BCUT2D eigenvalue weighted by Crippen LogP contribution is 2.22. The maximum Gasteiger partial charge on any atom is 0.260 e. The summed E-state index contributed by atoms with van der Waals surface area (Å²) in [4.78, 5) is 14.3. The van der Waals surface area contributed by atoms with Crippen LogP contribution in [0.2, 0.25) is 0 Å². The Balaban J connectivity index is 1.96. The van der Waals surface area contributed by atoms with E-state index in [1.165, 1.54) is 5.56 Å². The third-order valence-electron chi connectivity index (χ3n) is 3.87. The third kappa shape index (κ3) is 4.94. The molecule has 1 saturated heterocycles. The minimum Gasteiger partial charge on any atom is -0.484 e. The predicted octanol–water partition coefficient (Wildman–Crippen LogP) is 2.33. The molecule has 0 spiro atoms. The number of amides is 1. The van der Waals surface area contributed by atoms with Gasteiger partial charge in [-0.25, -0.2) is 0 Å². The van der Waals surface area contributed by atoms with Gasteiger partial charge in [-0.3, -0.25) is 4.79 Å². The fourth-order valence-corrected chi connectivity index (χ4v) is 2.95. The van der Waals surface area contributed by atoms with Gasteiger partial charge in [0.15, 0.2) is 6.61 Å². The topological polar surface area (TPSA) is 48.0 Å². The summed E-state index contributed by atoms with van der Waals surface area (Å²) in [5, 5.41) is 0. The molecular formula is C18H27NO4. The summed E-state index contributed by atoms with van der Waals surface area (Å²) in [5.41, 5.74) is 1.84. The number of ether oxygens (including phenoxy) is 3. The van der Waals surface area contributed by atoms with Crippen LogP contribution >= 0.6 is 0 Å². The molecule has 1 atom stereocenters. The molecule has 0 N–H and O–H groups in total. The number of nitrogens with zero attached hydrogens (tertiary/aromatic N) is 1. The van der Waals surface area contributed by atoms with E-state index >= 15 is 0 Å². The van der Waals surface area contributed by atoms with Gasteiger partial charge in [-0.15, -0.1) is 0 Å². The second-order valence-corrected chi connectivity index (χ2v) is 6.79. The van der Waals surface area contributed by atoms with Gasteiger partial charge in [0, 0.05) is 20.2 Å². The molecule has 1 fully saturated rings. The highest BCUT2D eigenvalue weighted by Gasteiger charge is 2.35. The van der Waals surface area contributed by atoms with Gasteiger partial charge in [0.05, 0.1) is 18.3 Å². The summed E-state index contributed by atoms with van der Waals surface area (Å²) < 4.78 is 16.8. The van der Waals surface area contributed by atoms with E-state index in [0.717, 1.165) is 11.3 Å². The molecule has 0 unspecified atom stereocenters. The molecule has 1 aliphatic rings. The van der Waals surface area contributed by atoms with Gasteiger partial charge >= 0.3 is 0 Å². The second kappa shape index (κ2) is 7.32. The van der Waals surface area contributed by atoms with Crippen LogP contribution in [0.15, 0.2) is 18.2 Å². The predicted molar refractivity (Wildman–Crippen MR) is 88.8 cm³/mol. The first-order chi connectivity index (χ1) is 10.8. The molecule has 0 radical (unpaired) electrons. The molecule has 2 rings (SSSR count). The lowest BCUT2D eigenvalue weighted by Crippen LogP contribution is -2.56. The molecule has 5 heteroatoms. The van der Waals surface area contributed by atoms with E-state index in [1.807, 2.05) is 45.9 Å². The van der Waals surface area contributed by atoms with Crippen molar-refractivity contribution in [3.05, 3.63) is 29.3 Å². The number of hydrogen-bond donors (Lipinski definition) is 0. The van der Waals surface area contributed by atoms with Crippen LogP contribution in [-0.2, 0) is 14.3 Å². The zero-order valence-corrected chi connectivity index (χ0v) is 14.7. The van der Waals surface area contributed by atoms with Crippen LogP contribution in [0.25, 0.3) is 0 Å². The smallest absolute Gasteiger partial charge is 0.260 e. The molecule has 5 nitrogen and oxygen atoms in total. The monoisotopic (exact) mass is 321 g/mol. The summed E-state index contributed by atoms with van der Waals surface area (Å²) in [6.07, 6.45) is -0.103. The summed E-state index contributed by atoms with van der Waals surface area (Å²) >= 11 is 0. The fraction of sp³-hybridized carbons (Fsp3) is 0.611. The molecule has 128 valence electrons. The Kier molecular flexibility index (Phi) is 5.65. The Morgan fingerprint density at radius 1 is 1.39 bits per heavy atom. The molecule has 23 heavy (non-hydrogen) atoms. The lowest BCUT2D eigenvalue weighted by atomic mass is 10.1. The van der Waals surface area contributed by atoms with E-state index in [9.17, 15) is 4.79 Å². The number of carbonyl (C=O) groups is 1. The second-order valence-electron chi connectivity index (χ2n) is 6.79. The van der Waals surface area contributed by atoms with Crippen LogP contribution in [0, 0.1) is 13.8 Å². The van der Waals surface area contributed by atoms with Crippen molar-refractivity contribution in [1.82, 2.24) is 4.90 Å². The fourth-order valence-electron chi connectivity index (χ4n) is 2.95. The van der Waals surface area contributed by atoms with Gasteiger partial charge in [0.1, 0.15) is 5.75 Å². The van der Waals surface area contributed by atoms with Crippen LogP contribution in [0.5, 0.6) is 5.75 Å². The Morgan fingerprint density at radius 2 is 2.13 bits per heavy atom. The SMILES string of the molecule is COC[C@@H]1CN(C(=O)COc2ccc(C)cc2C)CC(C)(C)O1. The average Bonchev–Trinajstić information content (AvgIpc) is 2.44. The van der Waals surface area contributed by atoms with Crippen molar-refractivity contribution in [2.75, 3.05) is 33.4 Å². The van der Waals surface area contributed by atoms with Gasteiger partial charge < -0.3 is 19.1 Å².